The normalized spacial score (nSPS) is 19.5. The van der Waals surface area contributed by atoms with E-state index in [0.29, 0.717) is 23.2 Å². The zero-order chi connectivity index (χ0) is 22.7. The van der Waals surface area contributed by atoms with Crippen LogP contribution >= 0.6 is 0 Å². The molecule has 1 N–H and O–H groups in total. The molecule has 1 saturated heterocycles. The molecule has 9 heteroatoms. The van der Waals surface area contributed by atoms with Gasteiger partial charge in [0, 0.05) is 22.7 Å². The number of anilines is 1. The molecule has 6 nitrogen and oxygen atoms in total. The van der Waals surface area contributed by atoms with E-state index in [0.717, 1.165) is 4.90 Å². The second-order valence-corrected chi connectivity index (χ2v) is 8.47. The standard InChI is InChI=1S/C22H18F3N3O3/c1-22(2,3)20(30)16-18(12-6-10(23)7-13(24)17(12)25)28(21(31)19(16)29)11-4-5-14-15(8-11)27-9-26-14/h4-9,16,18H,1-3H3,(H,26,27). The van der Waals surface area contributed by atoms with E-state index in [1.54, 1.807) is 26.8 Å². The Bertz CT molecular complexity index is 1250. The van der Waals surface area contributed by atoms with Crippen molar-refractivity contribution >= 4 is 34.2 Å². The number of benzene rings is 2. The molecular formula is C22H18F3N3O3. The van der Waals surface area contributed by atoms with Crippen LogP contribution in [0, 0.1) is 28.8 Å². The van der Waals surface area contributed by atoms with Gasteiger partial charge in [0.25, 0.3) is 5.91 Å². The van der Waals surface area contributed by atoms with Crippen LogP contribution in [0.15, 0.2) is 36.7 Å². The molecule has 2 unspecified atom stereocenters. The van der Waals surface area contributed by atoms with E-state index in [-0.39, 0.29) is 5.69 Å². The topological polar surface area (TPSA) is 83.1 Å². The quantitative estimate of drug-likeness (QED) is 0.389. The largest absolute Gasteiger partial charge is 0.345 e. The minimum absolute atomic E-state index is 0.161. The zero-order valence-electron chi connectivity index (χ0n) is 16.9. The van der Waals surface area contributed by atoms with Crippen LogP contribution in [-0.4, -0.2) is 27.4 Å². The van der Waals surface area contributed by atoms with Crippen LogP contribution in [0.25, 0.3) is 11.0 Å². The highest BCUT2D eigenvalue weighted by molar-refractivity contribution is 6.48. The number of Topliss-reactive ketones (excluding diaryl/α,β-unsaturated/α-hetero) is 2. The number of nitrogens with one attached hydrogen (secondary N) is 1. The molecule has 1 fully saturated rings. The summed E-state index contributed by atoms with van der Waals surface area (Å²) in [5, 5.41) is 0. The summed E-state index contributed by atoms with van der Waals surface area (Å²) in [5.74, 6) is -8.37. The number of ketones is 2. The van der Waals surface area contributed by atoms with Crippen molar-refractivity contribution in [1.29, 1.82) is 0 Å². The summed E-state index contributed by atoms with van der Waals surface area (Å²) in [6.07, 6.45) is 1.43. The Morgan fingerprint density at radius 3 is 2.48 bits per heavy atom. The first kappa shape index (κ1) is 20.8. The van der Waals surface area contributed by atoms with E-state index < -0.39 is 57.9 Å². The number of carbonyl (C=O) groups is 3. The van der Waals surface area contributed by atoms with Crippen molar-refractivity contribution in [3.05, 3.63) is 59.7 Å². The van der Waals surface area contributed by atoms with Gasteiger partial charge in [-0.1, -0.05) is 20.8 Å². The van der Waals surface area contributed by atoms with Crippen molar-refractivity contribution in [2.45, 2.75) is 26.8 Å². The summed E-state index contributed by atoms with van der Waals surface area (Å²) in [6, 6.07) is 4.06. The summed E-state index contributed by atoms with van der Waals surface area (Å²) in [5.41, 5.74) is -0.390. The fourth-order valence-electron chi connectivity index (χ4n) is 3.86. The lowest BCUT2D eigenvalue weighted by Crippen LogP contribution is -2.36. The zero-order valence-corrected chi connectivity index (χ0v) is 16.9. The second-order valence-electron chi connectivity index (χ2n) is 8.47. The van der Waals surface area contributed by atoms with Gasteiger partial charge >= 0.3 is 0 Å². The molecule has 3 aromatic rings. The molecule has 1 aromatic heterocycles. The maximum Gasteiger partial charge on any atom is 0.295 e. The van der Waals surface area contributed by atoms with Crippen LogP contribution in [0.2, 0.25) is 0 Å². The second kappa shape index (κ2) is 7.04. The van der Waals surface area contributed by atoms with E-state index >= 15 is 0 Å². The van der Waals surface area contributed by atoms with Gasteiger partial charge in [0.05, 0.1) is 23.4 Å². The molecule has 31 heavy (non-hydrogen) atoms. The maximum absolute atomic E-state index is 14.8. The van der Waals surface area contributed by atoms with Gasteiger partial charge in [-0.05, 0) is 24.3 Å². The van der Waals surface area contributed by atoms with E-state index in [1.807, 2.05) is 0 Å². The van der Waals surface area contributed by atoms with Crippen molar-refractivity contribution in [2.75, 3.05) is 4.90 Å². The van der Waals surface area contributed by atoms with Crippen LogP contribution in [0.1, 0.15) is 32.4 Å². The van der Waals surface area contributed by atoms with Gasteiger partial charge in [0.2, 0.25) is 5.78 Å². The number of hydrogen-bond donors (Lipinski definition) is 1. The molecule has 2 atom stereocenters. The van der Waals surface area contributed by atoms with Crippen molar-refractivity contribution in [1.82, 2.24) is 9.97 Å². The van der Waals surface area contributed by atoms with E-state index in [2.05, 4.69) is 9.97 Å². The SMILES string of the molecule is CC(C)(C)C(=O)C1C(=O)C(=O)N(c2ccc3nc[nH]c3c2)C1c1cc(F)cc(F)c1F. The number of imidazole rings is 1. The fourth-order valence-corrected chi connectivity index (χ4v) is 3.86. The number of amides is 1. The first-order chi connectivity index (χ1) is 14.5. The molecule has 2 aromatic carbocycles. The first-order valence-electron chi connectivity index (χ1n) is 9.50. The van der Waals surface area contributed by atoms with Crippen molar-refractivity contribution in [3.8, 4) is 0 Å². The third-order valence-corrected chi connectivity index (χ3v) is 5.35. The average Bonchev–Trinajstić information content (AvgIpc) is 3.25. The van der Waals surface area contributed by atoms with Gasteiger partial charge in [-0.15, -0.1) is 0 Å². The van der Waals surface area contributed by atoms with Gasteiger partial charge in [0.15, 0.2) is 17.4 Å². The Labute approximate surface area is 175 Å². The van der Waals surface area contributed by atoms with Gasteiger partial charge in [-0.3, -0.25) is 19.3 Å². The number of H-pyrrole nitrogens is 1. The molecule has 0 spiro atoms. The minimum Gasteiger partial charge on any atom is -0.345 e. The highest BCUT2D eigenvalue weighted by atomic mass is 19.2. The van der Waals surface area contributed by atoms with Crippen LogP contribution in [0.5, 0.6) is 0 Å². The minimum atomic E-state index is -1.62. The lowest BCUT2D eigenvalue weighted by molar-refractivity contribution is -0.141. The van der Waals surface area contributed by atoms with Crippen molar-refractivity contribution < 1.29 is 27.6 Å². The third-order valence-electron chi connectivity index (χ3n) is 5.35. The molecule has 1 aliphatic heterocycles. The van der Waals surface area contributed by atoms with Crippen LogP contribution < -0.4 is 4.90 Å². The summed E-state index contributed by atoms with van der Waals surface area (Å²) in [6.45, 7) is 4.64. The highest BCUT2D eigenvalue weighted by Gasteiger charge is 2.55. The smallest absolute Gasteiger partial charge is 0.295 e. The summed E-state index contributed by atoms with van der Waals surface area (Å²) in [4.78, 5) is 46.9. The Kier molecular flexibility index (Phi) is 4.72. The number of rotatable bonds is 3. The van der Waals surface area contributed by atoms with E-state index in [9.17, 15) is 27.6 Å². The molecule has 4 rings (SSSR count). The third kappa shape index (κ3) is 3.30. The predicted octanol–water partition coefficient (Wildman–Crippen LogP) is 3.87. The number of aromatic amines is 1. The fraction of sp³-hybridized carbons (Fsp3) is 0.273. The number of fused-ring (bicyclic) bond motifs is 1. The Morgan fingerprint density at radius 1 is 1.10 bits per heavy atom. The molecule has 1 aliphatic rings. The van der Waals surface area contributed by atoms with Gasteiger partial charge < -0.3 is 4.98 Å². The van der Waals surface area contributed by atoms with Gasteiger partial charge in [0.1, 0.15) is 11.7 Å². The Hall–Kier alpha value is -3.49. The highest BCUT2D eigenvalue weighted by Crippen LogP contribution is 2.44. The predicted molar refractivity (Wildman–Crippen MR) is 106 cm³/mol. The molecule has 1 amide bonds. The molecule has 0 radical (unpaired) electrons. The maximum atomic E-state index is 14.8. The van der Waals surface area contributed by atoms with Gasteiger partial charge in [-0.2, -0.15) is 0 Å². The molecule has 0 aliphatic carbocycles. The van der Waals surface area contributed by atoms with Crippen molar-refractivity contribution in [2.24, 2.45) is 11.3 Å². The number of aromatic nitrogens is 2. The average molecular weight is 429 g/mol. The van der Waals surface area contributed by atoms with Crippen LogP contribution in [-0.2, 0) is 14.4 Å². The number of hydrogen-bond acceptors (Lipinski definition) is 4. The van der Waals surface area contributed by atoms with Gasteiger partial charge in [-0.25, -0.2) is 18.2 Å². The Balaban J connectivity index is 1.97. The number of halogens is 3. The number of nitrogens with zero attached hydrogens (tertiary/aromatic N) is 2. The number of carbonyl (C=O) groups excluding carboxylic acids is 3. The van der Waals surface area contributed by atoms with Crippen LogP contribution in [0.4, 0.5) is 18.9 Å². The summed E-state index contributed by atoms with van der Waals surface area (Å²) >= 11 is 0. The lowest BCUT2D eigenvalue weighted by Gasteiger charge is -2.30. The molecule has 0 bridgehead atoms. The van der Waals surface area contributed by atoms with E-state index in [1.165, 1.54) is 18.5 Å². The Morgan fingerprint density at radius 2 is 1.81 bits per heavy atom. The molecule has 160 valence electrons. The monoisotopic (exact) mass is 429 g/mol. The van der Waals surface area contributed by atoms with Crippen LogP contribution in [0.3, 0.4) is 0 Å². The molecule has 2 heterocycles. The summed E-state index contributed by atoms with van der Waals surface area (Å²) in [7, 11) is 0. The summed E-state index contributed by atoms with van der Waals surface area (Å²) < 4.78 is 42.9. The van der Waals surface area contributed by atoms with Crippen molar-refractivity contribution in [3.63, 3.8) is 0 Å². The van der Waals surface area contributed by atoms with E-state index in [4.69, 9.17) is 0 Å². The molecular weight excluding hydrogens is 411 g/mol. The molecule has 0 saturated carbocycles. The first-order valence-corrected chi connectivity index (χ1v) is 9.50. The lowest BCUT2D eigenvalue weighted by atomic mass is 9.77.